The second-order valence-corrected chi connectivity index (χ2v) is 8.07. The van der Waals surface area contributed by atoms with E-state index in [0.717, 1.165) is 54.4 Å². The van der Waals surface area contributed by atoms with Crippen LogP contribution in [0.2, 0.25) is 0 Å². The zero-order chi connectivity index (χ0) is 20.3. The van der Waals surface area contributed by atoms with Crippen LogP contribution in [0, 0.1) is 0 Å². The molecule has 2 aromatic heterocycles. The Balaban J connectivity index is 1.39. The van der Waals surface area contributed by atoms with Gasteiger partial charge in [0, 0.05) is 36.8 Å². The van der Waals surface area contributed by atoms with Crippen LogP contribution >= 0.6 is 0 Å². The van der Waals surface area contributed by atoms with Gasteiger partial charge in [-0.05, 0) is 51.4 Å². The predicted octanol–water partition coefficient (Wildman–Crippen LogP) is 3.60. The number of benzene rings is 1. The number of nitrogens with zero attached hydrogens (tertiary/aromatic N) is 2. The van der Waals surface area contributed by atoms with Gasteiger partial charge < -0.3 is 28.8 Å². The molecule has 1 aromatic carbocycles. The van der Waals surface area contributed by atoms with Crippen molar-refractivity contribution in [3.8, 4) is 17.4 Å². The summed E-state index contributed by atoms with van der Waals surface area (Å²) in [5, 5.41) is 5.14. The summed E-state index contributed by atoms with van der Waals surface area (Å²) in [7, 11) is 1.67. The third-order valence-electron chi connectivity index (χ3n) is 6.00. The average molecular weight is 412 g/mol. The van der Waals surface area contributed by atoms with Crippen molar-refractivity contribution in [2.75, 3.05) is 46.4 Å². The average Bonchev–Trinajstić information content (AvgIpc) is 3.51. The molecule has 5 rings (SSSR count). The van der Waals surface area contributed by atoms with E-state index in [9.17, 15) is 0 Å². The predicted molar refractivity (Wildman–Crippen MR) is 116 cm³/mol. The minimum Gasteiger partial charge on any atom is -0.493 e. The number of pyridine rings is 1. The lowest BCUT2D eigenvalue weighted by Gasteiger charge is -2.15. The normalized spacial score (nSPS) is 19.7. The van der Waals surface area contributed by atoms with Crippen molar-refractivity contribution in [3.63, 3.8) is 0 Å². The number of nitrogens with one attached hydrogen (secondary N) is 1. The lowest BCUT2D eigenvalue weighted by molar-refractivity contribution is 0.217. The van der Waals surface area contributed by atoms with E-state index in [1.54, 1.807) is 13.3 Å². The quantitative estimate of drug-likeness (QED) is 0.568. The highest BCUT2D eigenvalue weighted by atomic mass is 16.5. The number of ether oxygens (including phenoxy) is 3. The molecule has 3 aromatic rings. The minimum absolute atomic E-state index is 0.133. The summed E-state index contributed by atoms with van der Waals surface area (Å²) in [6.45, 7) is 5.97. The summed E-state index contributed by atoms with van der Waals surface area (Å²) in [6.07, 6.45) is 6.47. The van der Waals surface area contributed by atoms with Gasteiger partial charge in [0.1, 0.15) is 17.3 Å². The van der Waals surface area contributed by atoms with Crippen LogP contribution in [-0.4, -0.2) is 62.4 Å². The first-order valence-corrected chi connectivity index (χ1v) is 10.9. The van der Waals surface area contributed by atoms with E-state index in [1.807, 2.05) is 18.2 Å². The molecule has 1 atom stereocenters. The van der Waals surface area contributed by atoms with Gasteiger partial charge in [-0.2, -0.15) is 0 Å². The molecule has 7 nitrogen and oxygen atoms in total. The van der Waals surface area contributed by atoms with Crippen molar-refractivity contribution in [2.45, 2.75) is 31.8 Å². The zero-order valence-corrected chi connectivity index (χ0v) is 17.5. The molecule has 2 aliphatic heterocycles. The van der Waals surface area contributed by atoms with Gasteiger partial charge in [-0.25, -0.2) is 4.98 Å². The van der Waals surface area contributed by atoms with Crippen LogP contribution < -0.4 is 19.5 Å². The van der Waals surface area contributed by atoms with Gasteiger partial charge in [-0.15, -0.1) is 0 Å². The monoisotopic (exact) mass is 411 g/mol. The molecule has 0 radical (unpaired) electrons. The molecular formula is C23H29N3O4. The highest BCUT2D eigenvalue weighted by Crippen LogP contribution is 2.40. The SMILES string of the molecule is COc1cc2c(cc1OCCCN1CCCC1)oc1ccnc(OC3CCNC3)c12. The lowest BCUT2D eigenvalue weighted by Crippen LogP contribution is -2.21. The molecule has 0 bridgehead atoms. The molecular weight excluding hydrogens is 382 g/mol. The Labute approximate surface area is 176 Å². The summed E-state index contributed by atoms with van der Waals surface area (Å²) in [6, 6.07) is 5.77. The maximum atomic E-state index is 6.18. The van der Waals surface area contributed by atoms with Crippen LogP contribution in [0.3, 0.4) is 0 Å². The summed E-state index contributed by atoms with van der Waals surface area (Å²) in [5.74, 6) is 2.02. The molecule has 1 unspecified atom stereocenters. The standard InChI is InChI=1S/C23H29N3O4/c1-27-20-13-17-19(14-21(20)28-12-4-11-26-9-2-3-10-26)30-18-6-8-25-23(22(17)18)29-16-5-7-24-15-16/h6,8,13-14,16,24H,2-5,7,9-12,15H2,1H3. The number of methoxy groups -OCH3 is 1. The fraction of sp³-hybridized carbons (Fsp3) is 0.522. The second kappa shape index (κ2) is 8.70. The van der Waals surface area contributed by atoms with E-state index in [1.165, 1.54) is 25.9 Å². The molecule has 1 N–H and O–H groups in total. The first kappa shape index (κ1) is 19.5. The number of furan rings is 1. The molecule has 0 amide bonds. The van der Waals surface area contributed by atoms with Gasteiger partial charge in [0.15, 0.2) is 11.5 Å². The van der Waals surface area contributed by atoms with E-state index < -0.39 is 0 Å². The summed E-state index contributed by atoms with van der Waals surface area (Å²) >= 11 is 0. The third kappa shape index (κ3) is 3.91. The number of rotatable bonds is 8. The van der Waals surface area contributed by atoms with Crippen LogP contribution in [0.4, 0.5) is 0 Å². The van der Waals surface area contributed by atoms with Crippen molar-refractivity contribution < 1.29 is 18.6 Å². The van der Waals surface area contributed by atoms with Gasteiger partial charge in [-0.3, -0.25) is 0 Å². The molecule has 0 spiro atoms. The molecule has 0 aliphatic carbocycles. The molecule has 4 heterocycles. The largest absolute Gasteiger partial charge is 0.493 e. The highest BCUT2D eigenvalue weighted by molar-refractivity contribution is 6.08. The first-order valence-electron chi connectivity index (χ1n) is 10.9. The number of likely N-dealkylation sites (tertiary alicyclic amines) is 1. The van der Waals surface area contributed by atoms with Gasteiger partial charge in [-0.1, -0.05) is 0 Å². The van der Waals surface area contributed by atoms with Crippen molar-refractivity contribution in [2.24, 2.45) is 0 Å². The summed E-state index contributed by atoms with van der Waals surface area (Å²) < 4.78 is 24.0. The fourth-order valence-electron chi connectivity index (χ4n) is 4.42. The molecule has 2 aliphatic rings. The minimum atomic E-state index is 0.133. The Kier molecular flexibility index (Phi) is 5.64. The number of aromatic nitrogens is 1. The molecule has 0 saturated carbocycles. The molecule has 7 heteroatoms. The third-order valence-corrected chi connectivity index (χ3v) is 6.00. The van der Waals surface area contributed by atoms with E-state index in [2.05, 4.69) is 15.2 Å². The van der Waals surface area contributed by atoms with E-state index >= 15 is 0 Å². The van der Waals surface area contributed by atoms with E-state index in [0.29, 0.717) is 24.0 Å². The molecule has 2 saturated heterocycles. The lowest BCUT2D eigenvalue weighted by atomic mass is 10.1. The Morgan fingerprint density at radius 1 is 1.20 bits per heavy atom. The molecule has 2 fully saturated rings. The summed E-state index contributed by atoms with van der Waals surface area (Å²) in [5.41, 5.74) is 1.51. The van der Waals surface area contributed by atoms with E-state index in [-0.39, 0.29) is 6.10 Å². The van der Waals surface area contributed by atoms with Crippen molar-refractivity contribution in [1.29, 1.82) is 0 Å². The first-order chi connectivity index (χ1) is 14.8. The second-order valence-electron chi connectivity index (χ2n) is 8.07. The molecule has 30 heavy (non-hydrogen) atoms. The van der Waals surface area contributed by atoms with Gasteiger partial charge >= 0.3 is 0 Å². The van der Waals surface area contributed by atoms with Crippen molar-refractivity contribution in [3.05, 3.63) is 24.4 Å². The Hall–Kier alpha value is -2.51. The van der Waals surface area contributed by atoms with Crippen LogP contribution in [0.1, 0.15) is 25.7 Å². The van der Waals surface area contributed by atoms with Crippen molar-refractivity contribution >= 4 is 21.9 Å². The topological polar surface area (TPSA) is 69.0 Å². The number of fused-ring (bicyclic) bond motifs is 3. The Bertz CT molecular complexity index is 1010. The maximum Gasteiger partial charge on any atom is 0.225 e. The number of hydrogen-bond acceptors (Lipinski definition) is 7. The van der Waals surface area contributed by atoms with Crippen LogP contribution in [0.5, 0.6) is 17.4 Å². The summed E-state index contributed by atoms with van der Waals surface area (Å²) in [4.78, 5) is 6.98. The van der Waals surface area contributed by atoms with Gasteiger partial charge in [0.25, 0.3) is 0 Å². The van der Waals surface area contributed by atoms with E-state index in [4.69, 9.17) is 18.6 Å². The van der Waals surface area contributed by atoms with Crippen LogP contribution in [0.15, 0.2) is 28.8 Å². The Morgan fingerprint density at radius 2 is 2.10 bits per heavy atom. The highest BCUT2D eigenvalue weighted by Gasteiger charge is 2.21. The molecule has 160 valence electrons. The zero-order valence-electron chi connectivity index (χ0n) is 17.5. The van der Waals surface area contributed by atoms with Gasteiger partial charge in [0.2, 0.25) is 5.88 Å². The van der Waals surface area contributed by atoms with Crippen LogP contribution in [-0.2, 0) is 0 Å². The number of hydrogen-bond donors (Lipinski definition) is 1. The van der Waals surface area contributed by atoms with Gasteiger partial charge in [0.05, 0.1) is 19.1 Å². The fourth-order valence-corrected chi connectivity index (χ4v) is 4.42. The van der Waals surface area contributed by atoms with Crippen LogP contribution in [0.25, 0.3) is 21.9 Å². The van der Waals surface area contributed by atoms with Crippen molar-refractivity contribution in [1.82, 2.24) is 15.2 Å². The Morgan fingerprint density at radius 3 is 2.90 bits per heavy atom. The maximum absolute atomic E-state index is 6.18. The smallest absolute Gasteiger partial charge is 0.225 e.